The predicted molar refractivity (Wildman–Crippen MR) is 57.2 cm³/mol. The monoisotopic (exact) mass is 230 g/mol. The number of benzene rings is 1. The standard InChI is InChI=1S/C12H16F2O2/c1-3-16-8-12(2,15)7-9-4-10(13)6-11(14)5-9/h4-6,15H,3,7-8H2,1-2H3. The minimum Gasteiger partial charge on any atom is -0.387 e. The molecule has 4 heteroatoms. The highest BCUT2D eigenvalue weighted by molar-refractivity contribution is 5.19. The van der Waals surface area contributed by atoms with Gasteiger partial charge in [0.2, 0.25) is 0 Å². The lowest BCUT2D eigenvalue weighted by atomic mass is 9.97. The Kier molecular flexibility index (Phi) is 4.38. The van der Waals surface area contributed by atoms with E-state index in [0.29, 0.717) is 12.2 Å². The summed E-state index contributed by atoms with van der Waals surface area (Å²) >= 11 is 0. The van der Waals surface area contributed by atoms with Crippen LogP contribution in [0.4, 0.5) is 8.78 Å². The molecule has 0 fully saturated rings. The first-order valence-corrected chi connectivity index (χ1v) is 5.18. The van der Waals surface area contributed by atoms with Crippen LogP contribution in [0.15, 0.2) is 18.2 Å². The minimum absolute atomic E-state index is 0.141. The Labute approximate surface area is 93.9 Å². The van der Waals surface area contributed by atoms with Gasteiger partial charge in [0, 0.05) is 19.1 Å². The van der Waals surface area contributed by atoms with E-state index in [4.69, 9.17) is 4.74 Å². The Morgan fingerprint density at radius 3 is 2.31 bits per heavy atom. The molecule has 1 aromatic carbocycles. The molecule has 16 heavy (non-hydrogen) atoms. The SMILES string of the molecule is CCOCC(C)(O)Cc1cc(F)cc(F)c1. The van der Waals surface area contributed by atoms with Crippen molar-refractivity contribution in [3.05, 3.63) is 35.4 Å². The summed E-state index contributed by atoms with van der Waals surface area (Å²) in [5.41, 5.74) is -0.696. The Morgan fingerprint density at radius 2 is 1.81 bits per heavy atom. The molecule has 0 aliphatic carbocycles. The molecule has 1 unspecified atom stereocenters. The highest BCUT2D eigenvalue weighted by atomic mass is 19.1. The van der Waals surface area contributed by atoms with Crippen LogP contribution in [0.5, 0.6) is 0 Å². The summed E-state index contributed by atoms with van der Waals surface area (Å²) in [7, 11) is 0. The highest BCUT2D eigenvalue weighted by Crippen LogP contribution is 2.16. The lowest BCUT2D eigenvalue weighted by molar-refractivity contribution is -0.0297. The molecule has 0 saturated carbocycles. The van der Waals surface area contributed by atoms with E-state index in [-0.39, 0.29) is 13.0 Å². The van der Waals surface area contributed by atoms with Gasteiger partial charge in [-0.25, -0.2) is 8.78 Å². The number of hydrogen-bond acceptors (Lipinski definition) is 2. The van der Waals surface area contributed by atoms with Gasteiger partial charge in [-0.3, -0.25) is 0 Å². The molecule has 0 amide bonds. The van der Waals surface area contributed by atoms with Gasteiger partial charge in [-0.2, -0.15) is 0 Å². The van der Waals surface area contributed by atoms with Crippen molar-refractivity contribution in [2.45, 2.75) is 25.9 Å². The summed E-state index contributed by atoms with van der Waals surface area (Å²) in [6, 6.07) is 3.23. The fourth-order valence-corrected chi connectivity index (χ4v) is 1.53. The van der Waals surface area contributed by atoms with Gasteiger partial charge in [-0.1, -0.05) is 0 Å². The Hall–Kier alpha value is -1.00. The Balaban J connectivity index is 2.71. The van der Waals surface area contributed by atoms with Crippen LogP contribution < -0.4 is 0 Å². The fraction of sp³-hybridized carbons (Fsp3) is 0.500. The van der Waals surface area contributed by atoms with Gasteiger partial charge in [-0.15, -0.1) is 0 Å². The second kappa shape index (κ2) is 5.37. The second-order valence-electron chi connectivity index (χ2n) is 4.09. The summed E-state index contributed by atoms with van der Waals surface area (Å²) in [4.78, 5) is 0. The van der Waals surface area contributed by atoms with Crippen molar-refractivity contribution >= 4 is 0 Å². The average molecular weight is 230 g/mol. The zero-order chi connectivity index (χ0) is 12.2. The summed E-state index contributed by atoms with van der Waals surface area (Å²) in [6.45, 7) is 4.03. The van der Waals surface area contributed by atoms with Gasteiger partial charge in [0.05, 0.1) is 12.2 Å². The molecule has 1 atom stereocenters. The van der Waals surface area contributed by atoms with Crippen LogP contribution in [0.1, 0.15) is 19.4 Å². The van der Waals surface area contributed by atoms with E-state index in [9.17, 15) is 13.9 Å². The molecule has 2 nitrogen and oxygen atoms in total. The first kappa shape index (κ1) is 13.1. The summed E-state index contributed by atoms with van der Waals surface area (Å²) in [5.74, 6) is -1.27. The number of ether oxygens (including phenoxy) is 1. The maximum atomic E-state index is 12.9. The van der Waals surface area contributed by atoms with Crippen LogP contribution >= 0.6 is 0 Å². The van der Waals surface area contributed by atoms with Gasteiger partial charge < -0.3 is 9.84 Å². The molecule has 0 aromatic heterocycles. The quantitative estimate of drug-likeness (QED) is 0.841. The van der Waals surface area contributed by atoms with Crippen molar-refractivity contribution in [1.82, 2.24) is 0 Å². The number of rotatable bonds is 5. The molecule has 0 spiro atoms. The molecule has 0 heterocycles. The maximum Gasteiger partial charge on any atom is 0.126 e. The van der Waals surface area contributed by atoms with Gasteiger partial charge in [-0.05, 0) is 31.5 Å². The van der Waals surface area contributed by atoms with Crippen molar-refractivity contribution in [3.8, 4) is 0 Å². The van der Waals surface area contributed by atoms with Crippen LogP contribution in [0.3, 0.4) is 0 Å². The molecule has 0 saturated heterocycles. The third-order valence-corrected chi connectivity index (χ3v) is 2.12. The predicted octanol–water partition coefficient (Wildman–Crippen LogP) is 2.29. The number of hydrogen-bond donors (Lipinski definition) is 1. The first-order valence-electron chi connectivity index (χ1n) is 5.18. The van der Waals surface area contributed by atoms with E-state index in [1.807, 2.05) is 6.92 Å². The molecule has 1 rings (SSSR count). The first-order chi connectivity index (χ1) is 7.43. The summed E-state index contributed by atoms with van der Waals surface area (Å²) < 4.78 is 30.9. The van der Waals surface area contributed by atoms with Crippen LogP contribution in [0.2, 0.25) is 0 Å². The molecule has 0 aliphatic rings. The van der Waals surface area contributed by atoms with Crippen molar-refractivity contribution in [1.29, 1.82) is 0 Å². The Morgan fingerprint density at radius 1 is 1.25 bits per heavy atom. The summed E-state index contributed by atoms with van der Waals surface area (Å²) in [5, 5.41) is 9.91. The second-order valence-corrected chi connectivity index (χ2v) is 4.09. The molecule has 0 radical (unpaired) electrons. The molecule has 0 aliphatic heterocycles. The molecular weight excluding hydrogens is 214 g/mol. The summed E-state index contributed by atoms with van der Waals surface area (Å²) in [6.07, 6.45) is 0.154. The van der Waals surface area contributed by atoms with E-state index in [0.717, 1.165) is 6.07 Å². The molecule has 1 N–H and O–H groups in total. The molecule has 1 aromatic rings. The third kappa shape index (κ3) is 4.24. The lowest BCUT2D eigenvalue weighted by Crippen LogP contribution is -2.33. The zero-order valence-electron chi connectivity index (χ0n) is 9.46. The molecule has 90 valence electrons. The normalized spacial score (nSPS) is 14.8. The molecular formula is C12H16F2O2. The van der Waals surface area contributed by atoms with E-state index < -0.39 is 17.2 Å². The number of halogens is 2. The van der Waals surface area contributed by atoms with Gasteiger partial charge in [0.1, 0.15) is 11.6 Å². The van der Waals surface area contributed by atoms with Crippen molar-refractivity contribution in [3.63, 3.8) is 0 Å². The van der Waals surface area contributed by atoms with Crippen LogP contribution in [-0.2, 0) is 11.2 Å². The van der Waals surface area contributed by atoms with E-state index in [2.05, 4.69) is 0 Å². The maximum absolute atomic E-state index is 12.9. The Bertz CT molecular complexity index is 331. The lowest BCUT2D eigenvalue weighted by Gasteiger charge is -2.22. The van der Waals surface area contributed by atoms with Crippen molar-refractivity contribution in [2.24, 2.45) is 0 Å². The third-order valence-electron chi connectivity index (χ3n) is 2.12. The topological polar surface area (TPSA) is 29.5 Å². The fourth-order valence-electron chi connectivity index (χ4n) is 1.53. The van der Waals surface area contributed by atoms with Gasteiger partial charge >= 0.3 is 0 Å². The highest BCUT2D eigenvalue weighted by Gasteiger charge is 2.21. The van der Waals surface area contributed by atoms with Crippen LogP contribution in [0.25, 0.3) is 0 Å². The van der Waals surface area contributed by atoms with Gasteiger partial charge in [0.25, 0.3) is 0 Å². The molecule has 0 bridgehead atoms. The van der Waals surface area contributed by atoms with E-state index in [1.54, 1.807) is 6.92 Å². The van der Waals surface area contributed by atoms with E-state index in [1.165, 1.54) is 12.1 Å². The largest absolute Gasteiger partial charge is 0.387 e. The van der Waals surface area contributed by atoms with Crippen molar-refractivity contribution < 1.29 is 18.6 Å². The van der Waals surface area contributed by atoms with Crippen LogP contribution in [0, 0.1) is 11.6 Å². The average Bonchev–Trinajstić information content (AvgIpc) is 2.12. The minimum atomic E-state index is -1.11. The smallest absolute Gasteiger partial charge is 0.126 e. The van der Waals surface area contributed by atoms with E-state index >= 15 is 0 Å². The van der Waals surface area contributed by atoms with Crippen LogP contribution in [-0.4, -0.2) is 23.9 Å². The van der Waals surface area contributed by atoms with Crippen molar-refractivity contribution in [2.75, 3.05) is 13.2 Å². The number of aliphatic hydroxyl groups is 1. The van der Waals surface area contributed by atoms with Gasteiger partial charge in [0.15, 0.2) is 0 Å². The zero-order valence-corrected chi connectivity index (χ0v) is 9.46.